The molecule has 5 heteroatoms. The van der Waals surface area contributed by atoms with Gasteiger partial charge in [0.15, 0.2) is 0 Å². The molecule has 1 aromatic heterocycles. The lowest BCUT2D eigenvalue weighted by Gasteiger charge is -2.27. The van der Waals surface area contributed by atoms with Gasteiger partial charge in [-0.1, -0.05) is 22.5 Å². The van der Waals surface area contributed by atoms with Gasteiger partial charge in [-0.15, -0.1) is 0 Å². The fourth-order valence-corrected chi connectivity index (χ4v) is 2.07. The summed E-state index contributed by atoms with van der Waals surface area (Å²) in [6.07, 6.45) is 5.45. The molecule has 1 saturated heterocycles. The summed E-state index contributed by atoms with van der Waals surface area (Å²) < 4.78 is 0.913. The maximum Gasteiger partial charge on any atom is 0.134 e. The van der Waals surface area contributed by atoms with Crippen molar-refractivity contribution >= 4 is 27.6 Å². The number of piperidine rings is 1. The average Bonchev–Trinajstić information content (AvgIpc) is 2.38. The Hall–Kier alpha value is -1.10. The van der Waals surface area contributed by atoms with E-state index < -0.39 is 0 Å². The van der Waals surface area contributed by atoms with Gasteiger partial charge in [0.1, 0.15) is 18.0 Å². The minimum Gasteiger partial charge on any atom is -0.365 e. The largest absolute Gasteiger partial charge is 0.365 e. The highest BCUT2D eigenvalue weighted by molar-refractivity contribution is 9.11. The summed E-state index contributed by atoms with van der Waals surface area (Å²) in [5.74, 6) is 1.86. The Morgan fingerprint density at radius 2 is 2.12 bits per heavy atom. The molecule has 92 valence electrons. The highest BCUT2D eigenvalue weighted by Crippen LogP contribution is 2.19. The van der Waals surface area contributed by atoms with Gasteiger partial charge >= 0.3 is 0 Å². The lowest BCUT2D eigenvalue weighted by molar-refractivity contribution is 0.573. The third-order valence-electron chi connectivity index (χ3n) is 2.79. The van der Waals surface area contributed by atoms with Crippen molar-refractivity contribution < 1.29 is 0 Å². The van der Waals surface area contributed by atoms with Crippen molar-refractivity contribution in [2.75, 3.05) is 29.9 Å². The minimum absolute atomic E-state index is 0.677. The van der Waals surface area contributed by atoms with Crippen molar-refractivity contribution in [2.24, 2.45) is 0 Å². The maximum absolute atomic E-state index is 4.33. The predicted molar refractivity (Wildman–Crippen MR) is 74.7 cm³/mol. The second-order valence-corrected chi connectivity index (χ2v) is 5.30. The quantitative estimate of drug-likeness (QED) is 0.928. The second-order valence-electron chi connectivity index (χ2n) is 4.18. The van der Waals surface area contributed by atoms with E-state index in [2.05, 4.69) is 42.7 Å². The first kappa shape index (κ1) is 12.4. The zero-order valence-electron chi connectivity index (χ0n) is 9.82. The fraction of sp³-hybridized carbons (Fsp3) is 0.500. The normalized spacial score (nSPS) is 15.7. The molecule has 0 saturated carbocycles. The molecular weight excluding hydrogens is 280 g/mol. The second kappa shape index (κ2) is 6.00. The summed E-state index contributed by atoms with van der Waals surface area (Å²) in [5.41, 5.74) is 0. The van der Waals surface area contributed by atoms with Crippen LogP contribution in [0.25, 0.3) is 0 Å². The number of halogens is 1. The Kier molecular flexibility index (Phi) is 4.36. The molecule has 0 spiro atoms. The lowest BCUT2D eigenvalue weighted by Crippen LogP contribution is -2.30. The van der Waals surface area contributed by atoms with Gasteiger partial charge in [0, 0.05) is 30.2 Å². The zero-order valence-corrected chi connectivity index (χ0v) is 11.4. The summed E-state index contributed by atoms with van der Waals surface area (Å²) >= 11 is 3.32. The van der Waals surface area contributed by atoms with E-state index in [1.807, 2.05) is 6.07 Å². The monoisotopic (exact) mass is 296 g/mol. The lowest BCUT2D eigenvalue weighted by atomic mass is 10.1. The highest BCUT2D eigenvalue weighted by Gasteiger charge is 2.12. The molecular formula is C12H17BrN4. The zero-order chi connectivity index (χ0) is 12.1. The number of nitrogens with zero attached hydrogens (tertiary/aromatic N) is 3. The predicted octanol–water partition coefficient (Wildman–Crippen LogP) is 2.79. The van der Waals surface area contributed by atoms with E-state index in [1.54, 1.807) is 6.33 Å². The fourth-order valence-electron chi connectivity index (χ4n) is 1.93. The van der Waals surface area contributed by atoms with Gasteiger partial charge in [-0.05, 0) is 19.3 Å². The van der Waals surface area contributed by atoms with Crippen LogP contribution in [0.15, 0.2) is 23.5 Å². The molecule has 0 bridgehead atoms. The molecule has 0 amide bonds. The first-order valence-corrected chi connectivity index (χ1v) is 6.69. The summed E-state index contributed by atoms with van der Waals surface area (Å²) in [5, 5.41) is 3.20. The summed E-state index contributed by atoms with van der Waals surface area (Å²) in [6.45, 7) is 6.66. The van der Waals surface area contributed by atoms with E-state index in [4.69, 9.17) is 0 Å². The molecule has 0 aromatic carbocycles. The molecule has 0 radical (unpaired) electrons. The Morgan fingerprint density at radius 1 is 1.35 bits per heavy atom. The van der Waals surface area contributed by atoms with Crippen LogP contribution in [0.4, 0.5) is 11.6 Å². The molecule has 0 atom stereocenters. The van der Waals surface area contributed by atoms with Crippen LogP contribution in [0, 0.1) is 0 Å². The van der Waals surface area contributed by atoms with Gasteiger partial charge in [0.2, 0.25) is 0 Å². The van der Waals surface area contributed by atoms with Gasteiger partial charge in [0.05, 0.1) is 0 Å². The first-order valence-electron chi connectivity index (χ1n) is 5.90. The van der Waals surface area contributed by atoms with Crippen LogP contribution in [0.5, 0.6) is 0 Å². The van der Waals surface area contributed by atoms with E-state index in [0.29, 0.717) is 6.54 Å². The van der Waals surface area contributed by atoms with Crippen LogP contribution < -0.4 is 10.2 Å². The molecule has 1 N–H and O–H groups in total. The smallest absolute Gasteiger partial charge is 0.134 e. The first-order chi connectivity index (χ1) is 8.25. The Morgan fingerprint density at radius 3 is 2.82 bits per heavy atom. The van der Waals surface area contributed by atoms with Crippen molar-refractivity contribution in [1.29, 1.82) is 0 Å². The maximum atomic E-state index is 4.33. The topological polar surface area (TPSA) is 41.0 Å². The molecule has 1 aliphatic rings. The van der Waals surface area contributed by atoms with E-state index in [-0.39, 0.29) is 0 Å². The van der Waals surface area contributed by atoms with Gasteiger partial charge in [-0.2, -0.15) is 0 Å². The van der Waals surface area contributed by atoms with Gasteiger partial charge in [-0.25, -0.2) is 9.97 Å². The van der Waals surface area contributed by atoms with Crippen molar-refractivity contribution in [3.63, 3.8) is 0 Å². The van der Waals surface area contributed by atoms with Gasteiger partial charge in [-0.3, -0.25) is 0 Å². The van der Waals surface area contributed by atoms with Crippen LogP contribution in [-0.2, 0) is 0 Å². The van der Waals surface area contributed by atoms with Crippen molar-refractivity contribution in [3.05, 3.63) is 23.5 Å². The number of rotatable bonds is 4. The van der Waals surface area contributed by atoms with E-state index >= 15 is 0 Å². The van der Waals surface area contributed by atoms with Crippen molar-refractivity contribution in [1.82, 2.24) is 9.97 Å². The van der Waals surface area contributed by atoms with Crippen LogP contribution >= 0.6 is 15.9 Å². The van der Waals surface area contributed by atoms with E-state index in [9.17, 15) is 0 Å². The number of hydrogen-bond acceptors (Lipinski definition) is 4. The summed E-state index contributed by atoms with van der Waals surface area (Å²) in [6, 6.07) is 2.00. The number of nitrogens with one attached hydrogen (secondary N) is 1. The SMILES string of the molecule is C=C(Br)CNc1cc(N2CCCCC2)ncn1. The molecule has 2 heterocycles. The van der Waals surface area contributed by atoms with Crippen molar-refractivity contribution in [2.45, 2.75) is 19.3 Å². The third kappa shape index (κ3) is 3.70. The number of hydrogen-bond donors (Lipinski definition) is 1. The summed E-state index contributed by atoms with van der Waals surface area (Å²) in [4.78, 5) is 10.8. The minimum atomic E-state index is 0.677. The number of aromatic nitrogens is 2. The molecule has 1 aliphatic heterocycles. The van der Waals surface area contributed by atoms with Gasteiger partial charge < -0.3 is 10.2 Å². The average molecular weight is 297 g/mol. The molecule has 2 rings (SSSR count). The number of anilines is 2. The Bertz CT molecular complexity index is 388. The van der Waals surface area contributed by atoms with Crippen LogP contribution in [-0.4, -0.2) is 29.6 Å². The summed E-state index contributed by atoms with van der Waals surface area (Å²) in [7, 11) is 0. The third-order valence-corrected chi connectivity index (χ3v) is 3.07. The highest BCUT2D eigenvalue weighted by atomic mass is 79.9. The Labute approximate surface area is 110 Å². The van der Waals surface area contributed by atoms with Crippen LogP contribution in [0.1, 0.15) is 19.3 Å². The molecule has 17 heavy (non-hydrogen) atoms. The van der Waals surface area contributed by atoms with E-state index in [0.717, 1.165) is 29.2 Å². The molecule has 1 aromatic rings. The van der Waals surface area contributed by atoms with Crippen molar-refractivity contribution in [3.8, 4) is 0 Å². The molecule has 1 fully saturated rings. The molecule has 4 nitrogen and oxygen atoms in total. The molecule has 0 unspecified atom stereocenters. The van der Waals surface area contributed by atoms with Gasteiger partial charge in [0.25, 0.3) is 0 Å². The van der Waals surface area contributed by atoms with Crippen LogP contribution in [0.3, 0.4) is 0 Å². The molecule has 0 aliphatic carbocycles. The standard InChI is InChI=1S/C12H17BrN4/c1-10(13)8-14-11-7-12(16-9-15-11)17-5-3-2-4-6-17/h7,9H,1-6,8H2,(H,14,15,16). The van der Waals surface area contributed by atoms with E-state index in [1.165, 1.54) is 19.3 Å². The van der Waals surface area contributed by atoms with Crippen LogP contribution in [0.2, 0.25) is 0 Å². The Balaban J connectivity index is 2.02.